The highest BCUT2D eigenvalue weighted by Crippen LogP contribution is 2.24. The van der Waals surface area contributed by atoms with Crippen molar-refractivity contribution in [3.8, 4) is 0 Å². The topological polar surface area (TPSA) is 44.7 Å². The van der Waals surface area contributed by atoms with Gasteiger partial charge in [-0.05, 0) is 42.0 Å². The highest BCUT2D eigenvalue weighted by atomic mass is 16.5. The first-order valence-electron chi connectivity index (χ1n) is 11.6. The molecule has 0 radical (unpaired) electrons. The first-order chi connectivity index (χ1) is 14.9. The summed E-state index contributed by atoms with van der Waals surface area (Å²) in [5.74, 6) is 1.83. The van der Waals surface area contributed by atoms with Crippen molar-refractivity contribution in [2.24, 2.45) is 0 Å². The molecule has 1 aromatic heterocycles. The third-order valence-corrected chi connectivity index (χ3v) is 6.53. The highest BCUT2D eigenvalue weighted by molar-refractivity contribution is 5.44. The van der Waals surface area contributed by atoms with Gasteiger partial charge in [-0.1, -0.05) is 45.0 Å². The third kappa shape index (κ3) is 5.55. The summed E-state index contributed by atoms with van der Waals surface area (Å²) in [5.41, 5.74) is 2.99. The van der Waals surface area contributed by atoms with Gasteiger partial charge < -0.3 is 14.5 Å². The third-order valence-electron chi connectivity index (χ3n) is 6.53. The second-order valence-corrected chi connectivity index (χ2v) is 9.90. The van der Waals surface area contributed by atoms with Gasteiger partial charge >= 0.3 is 0 Å². The van der Waals surface area contributed by atoms with E-state index in [1.165, 1.54) is 24.0 Å². The monoisotopic (exact) mass is 423 g/mol. The van der Waals surface area contributed by atoms with Crippen LogP contribution >= 0.6 is 0 Å². The van der Waals surface area contributed by atoms with E-state index in [0.717, 1.165) is 57.7 Å². The Morgan fingerprint density at radius 2 is 1.81 bits per heavy atom. The number of hydrogen-bond acceptors (Lipinski definition) is 6. The van der Waals surface area contributed by atoms with Crippen molar-refractivity contribution >= 4 is 11.8 Å². The van der Waals surface area contributed by atoms with Crippen LogP contribution in [0.5, 0.6) is 0 Å². The number of aromatic nitrogens is 2. The Balaban J connectivity index is 1.39. The number of morpholine rings is 1. The predicted octanol–water partition coefficient (Wildman–Crippen LogP) is 3.71. The fourth-order valence-electron chi connectivity index (χ4n) is 4.50. The average Bonchev–Trinajstić information content (AvgIpc) is 2.79. The summed E-state index contributed by atoms with van der Waals surface area (Å²) in [4.78, 5) is 16.6. The summed E-state index contributed by atoms with van der Waals surface area (Å²) >= 11 is 0. The molecule has 1 atom stereocenters. The van der Waals surface area contributed by atoms with Crippen LogP contribution < -0.4 is 9.80 Å². The molecule has 2 fully saturated rings. The Morgan fingerprint density at radius 1 is 1.06 bits per heavy atom. The van der Waals surface area contributed by atoms with Crippen LogP contribution in [0.3, 0.4) is 0 Å². The summed E-state index contributed by atoms with van der Waals surface area (Å²) < 4.78 is 5.48. The summed E-state index contributed by atoms with van der Waals surface area (Å²) in [6, 6.07) is 11.6. The number of ether oxygens (including phenoxy) is 1. The zero-order valence-corrected chi connectivity index (χ0v) is 19.5. The lowest BCUT2D eigenvalue weighted by molar-refractivity contribution is 0.122. The van der Waals surface area contributed by atoms with Crippen molar-refractivity contribution in [1.82, 2.24) is 14.9 Å². The summed E-state index contributed by atoms with van der Waals surface area (Å²) in [5, 5.41) is 0. The van der Waals surface area contributed by atoms with Crippen LogP contribution in [0, 0.1) is 0 Å². The highest BCUT2D eigenvalue weighted by Gasteiger charge is 2.25. The van der Waals surface area contributed by atoms with Crippen molar-refractivity contribution in [3.63, 3.8) is 0 Å². The zero-order valence-electron chi connectivity index (χ0n) is 19.5. The molecule has 2 aliphatic heterocycles. The minimum Gasteiger partial charge on any atom is -0.378 e. The molecule has 0 saturated carbocycles. The van der Waals surface area contributed by atoms with Crippen LogP contribution in [0.4, 0.5) is 11.8 Å². The van der Waals surface area contributed by atoms with Gasteiger partial charge in [0.2, 0.25) is 5.95 Å². The van der Waals surface area contributed by atoms with Crippen molar-refractivity contribution in [1.29, 1.82) is 0 Å². The van der Waals surface area contributed by atoms with Gasteiger partial charge in [0.1, 0.15) is 5.82 Å². The van der Waals surface area contributed by atoms with E-state index < -0.39 is 0 Å². The number of anilines is 2. The quantitative estimate of drug-likeness (QED) is 0.731. The number of nitrogens with zero attached hydrogens (tertiary/aromatic N) is 5. The number of likely N-dealkylation sites (tertiary alicyclic amines) is 1. The molecule has 3 heterocycles. The Kier molecular flexibility index (Phi) is 6.77. The maximum atomic E-state index is 5.48. The van der Waals surface area contributed by atoms with Crippen molar-refractivity contribution in [2.45, 2.75) is 51.6 Å². The molecule has 4 rings (SSSR count). The van der Waals surface area contributed by atoms with Crippen LogP contribution in [0.1, 0.15) is 44.7 Å². The van der Waals surface area contributed by atoms with Crippen molar-refractivity contribution in [2.75, 3.05) is 56.2 Å². The maximum Gasteiger partial charge on any atom is 0.227 e. The minimum atomic E-state index is 0.202. The van der Waals surface area contributed by atoms with Crippen LogP contribution in [0.25, 0.3) is 0 Å². The number of likely N-dealkylation sites (N-methyl/N-ethyl adjacent to an activating group) is 1. The smallest absolute Gasteiger partial charge is 0.227 e. The van der Waals surface area contributed by atoms with E-state index in [2.05, 4.69) is 71.8 Å². The molecular formula is C25H37N5O. The first-order valence-corrected chi connectivity index (χ1v) is 11.6. The summed E-state index contributed by atoms with van der Waals surface area (Å²) in [7, 11) is 2.14. The van der Waals surface area contributed by atoms with Gasteiger partial charge in [-0.2, -0.15) is 4.98 Å². The normalized spacial score (nSPS) is 20.6. The second-order valence-electron chi connectivity index (χ2n) is 9.90. The Hall–Kier alpha value is -2.18. The van der Waals surface area contributed by atoms with E-state index in [4.69, 9.17) is 9.72 Å². The van der Waals surface area contributed by atoms with E-state index in [-0.39, 0.29) is 5.41 Å². The Bertz CT molecular complexity index is 842. The molecule has 2 aliphatic rings. The summed E-state index contributed by atoms with van der Waals surface area (Å²) in [6.45, 7) is 13.3. The fourth-order valence-corrected chi connectivity index (χ4v) is 4.50. The molecule has 0 aliphatic carbocycles. The average molecular weight is 424 g/mol. The van der Waals surface area contributed by atoms with Gasteiger partial charge in [-0.3, -0.25) is 4.90 Å². The van der Waals surface area contributed by atoms with Gasteiger partial charge in [-0.25, -0.2) is 4.98 Å². The lowest BCUT2D eigenvalue weighted by Crippen LogP contribution is -2.47. The molecule has 0 spiro atoms. The van der Waals surface area contributed by atoms with E-state index in [0.29, 0.717) is 6.04 Å². The standard InChI is InChI=1S/C25H37N5O/c1-25(2,3)21-9-7-20(8-10-21)18-29-13-5-6-22(19-29)28(4)24-26-12-11-23(27-24)30-14-16-31-17-15-30/h7-12,22H,5-6,13-19H2,1-4H3. The van der Waals surface area contributed by atoms with Gasteiger partial charge in [0, 0.05) is 45.5 Å². The molecule has 31 heavy (non-hydrogen) atoms. The largest absolute Gasteiger partial charge is 0.378 e. The molecular weight excluding hydrogens is 386 g/mol. The molecule has 6 heteroatoms. The fraction of sp³-hybridized carbons (Fsp3) is 0.600. The van der Waals surface area contributed by atoms with E-state index in [1.807, 2.05) is 12.3 Å². The van der Waals surface area contributed by atoms with Crippen LogP contribution in [-0.2, 0) is 16.7 Å². The zero-order chi connectivity index (χ0) is 21.8. The van der Waals surface area contributed by atoms with Gasteiger partial charge in [0.15, 0.2) is 0 Å². The molecule has 1 unspecified atom stereocenters. The molecule has 2 saturated heterocycles. The van der Waals surface area contributed by atoms with E-state index >= 15 is 0 Å². The minimum absolute atomic E-state index is 0.202. The lowest BCUT2D eigenvalue weighted by Gasteiger charge is -2.38. The molecule has 6 nitrogen and oxygen atoms in total. The molecule has 2 aromatic rings. The molecule has 168 valence electrons. The summed E-state index contributed by atoms with van der Waals surface area (Å²) in [6.07, 6.45) is 4.28. The van der Waals surface area contributed by atoms with Crippen LogP contribution in [0.2, 0.25) is 0 Å². The van der Waals surface area contributed by atoms with E-state index in [9.17, 15) is 0 Å². The van der Waals surface area contributed by atoms with Gasteiger partial charge in [-0.15, -0.1) is 0 Å². The first kappa shape index (κ1) is 22.0. The number of rotatable bonds is 5. The van der Waals surface area contributed by atoms with Gasteiger partial charge in [0.05, 0.1) is 13.2 Å². The molecule has 0 N–H and O–H groups in total. The van der Waals surface area contributed by atoms with Crippen molar-refractivity contribution < 1.29 is 4.74 Å². The van der Waals surface area contributed by atoms with Gasteiger partial charge in [0.25, 0.3) is 0 Å². The molecule has 0 bridgehead atoms. The molecule has 0 amide bonds. The van der Waals surface area contributed by atoms with Crippen LogP contribution in [0.15, 0.2) is 36.5 Å². The number of piperidine rings is 1. The second kappa shape index (κ2) is 9.53. The lowest BCUT2D eigenvalue weighted by atomic mass is 9.86. The van der Waals surface area contributed by atoms with Crippen LogP contribution in [-0.4, -0.2) is 67.4 Å². The van der Waals surface area contributed by atoms with Crippen molar-refractivity contribution in [3.05, 3.63) is 47.7 Å². The SMILES string of the molecule is CN(c1nccc(N2CCOCC2)n1)C1CCCN(Cc2ccc(C(C)(C)C)cc2)C1. The Morgan fingerprint density at radius 3 is 2.52 bits per heavy atom. The van der Waals surface area contributed by atoms with E-state index in [1.54, 1.807) is 0 Å². The number of benzene rings is 1. The number of hydrogen-bond donors (Lipinski definition) is 0. The predicted molar refractivity (Wildman–Crippen MR) is 127 cm³/mol. The maximum absolute atomic E-state index is 5.48. The Labute approximate surface area is 187 Å². The molecule has 1 aromatic carbocycles.